The summed E-state index contributed by atoms with van der Waals surface area (Å²) >= 11 is 0. The summed E-state index contributed by atoms with van der Waals surface area (Å²) in [5.41, 5.74) is 2.25. The van der Waals surface area contributed by atoms with Crippen LogP contribution in [0.15, 0.2) is 18.2 Å². The van der Waals surface area contributed by atoms with Gasteiger partial charge in [-0.25, -0.2) is 0 Å². The van der Waals surface area contributed by atoms with Crippen molar-refractivity contribution in [2.24, 2.45) is 5.92 Å². The largest absolute Gasteiger partial charge is 0.508 e. The molecule has 1 aromatic rings. The zero-order valence-corrected chi connectivity index (χ0v) is 20.3. The van der Waals surface area contributed by atoms with E-state index >= 15 is 0 Å². The number of hydrogen-bond donors (Lipinski definition) is 3. The van der Waals surface area contributed by atoms with E-state index in [-0.39, 0.29) is 29.9 Å². The Morgan fingerprint density at radius 1 is 1.16 bits per heavy atom. The van der Waals surface area contributed by atoms with Crippen molar-refractivity contribution in [2.45, 2.75) is 116 Å². The number of phenols is 1. The summed E-state index contributed by atoms with van der Waals surface area (Å²) < 4.78 is 0. The van der Waals surface area contributed by atoms with E-state index in [0.29, 0.717) is 11.7 Å². The molecular weight excluding hydrogens is 386 g/mol. The van der Waals surface area contributed by atoms with Crippen molar-refractivity contribution in [2.75, 3.05) is 6.61 Å². The zero-order valence-electron chi connectivity index (χ0n) is 20.3. The lowest BCUT2D eigenvalue weighted by Crippen LogP contribution is -2.34. The predicted octanol–water partition coefficient (Wildman–Crippen LogP) is 6.19. The predicted molar refractivity (Wildman–Crippen MR) is 129 cm³/mol. The number of aliphatic hydroxyl groups excluding tert-OH is 1. The summed E-state index contributed by atoms with van der Waals surface area (Å²) in [6, 6.07) is 6.47. The topological polar surface area (TPSA) is 69.6 Å². The van der Waals surface area contributed by atoms with E-state index in [1.165, 1.54) is 31.2 Å². The molecule has 3 N–H and O–H groups in total. The van der Waals surface area contributed by atoms with Crippen LogP contribution in [0.2, 0.25) is 0 Å². The van der Waals surface area contributed by atoms with Gasteiger partial charge in [-0.1, -0.05) is 65.0 Å². The molecule has 0 unspecified atom stereocenters. The number of aromatic hydroxyl groups is 1. The van der Waals surface area contributed by atoms with Gasteiger partial charge in [-0.05, 0) is 73.0 Å². The van der Waals surface area contributed by atoms with Gasteiger partial charge < -0.3 is 15.5 Å². The lowest BCUT2D eigenvalue weighted by molar-refractivity contribution is -0.119. The number of carbonyl (C=O) groups excluding carboxylic acids is 1. The first-order chi connectivity index (χ1) is 14.8. The fourth-order valence-corrected chi connectivity index (χ4v) is 5.36. The summed E-state index contributed by atoms with van der Waals surface area (Å²) in [6.45, 7) is 8.57. The van der Waals surface area contributed by atoms with E-state index < -0.39 is 0 Å². The van der Waals surface area contributed by atoms with Crippen LogP contribution in [0.4, 0.5) is 0 Å². The lowest BCUT2D eigenvalue weighted by Gasteiger charge is -2.30. The summed E-state index contributed by atoms with van der Waals surface area (Å²) in [5, 5.41) is 23.6. The zero-order chi connectivity index (χ0) is 22.9. The molecule has 0 radical (unpaired) electrons. The van der Waals surface area contributed by atoms with Gasteiger partial charge in [0.15, 0.2) is 0 Å². The van der Waals surface area contributed by atoms with Gasteiger partial charge in [-0.2, -0.15) is 0 Å². The monoisotopic (exact) mass is 431 g/mol. The molecule has 0 saturated heterocycles. The van der Waals surface area contributed by atoms with Crippen molar-refractivity contribution in [3.63, 3.8) is 0 Å². The van der Waals surface area contributed by atoms with Gasteiger partial charge in [0.25, 0.3) is 0 Å². The lowest BCUT2D eigenvalue weighted by atomic mass is 9.76. The first-order valence-corrected chi connectivity index (χ1v) is 12.5. The molecule has 1 amide bonds. The van der Waals surface area contributed by atoms with E-state index in [4.69, 9.17) is 0 Å². The van der Waals surface area contributed by atoms with Crippen molar-refractivity contribution >= 4 is 5.91 Å². The number of aliphatic hydroxyl groups is 1. The van der Waals surface area contributed by atoms with Gasteiger partial charge in [0.2, 0.25) is 5.91 Å². The molecule has 4 heteroatoms. The summed E-state index contributed by atoms with van der Waals surface area (Å²) in [7, 11) is 0. The van der Waals surface area contributed by atoms with Gasteiger partial charge in [0.1, 0.15) is 5.75 Å². The summed E-state index contributed by atoms with van der Waals surface area (Å²) in [4.78, 5) is 11.7. The standard InChI is InChI=1S/C27H45NO3/c1-5-6-7-8-16-27(3,4)22-14-15-24(26(31)18-22)25-19-23(28-20(2)30)13-9-11-21(25)12-10-17-29/h14-15,18,21,23,25,29,31H,5-13,16-17,19H2,1-4H3,(H,28,30)/t21-,23+,25+/m0/s1. The van der Waals surface area contributed by atoms with Gasteiger partial charge in [-0.3, -0.25) is 4.79 Å². The van der Waals surface area contributed by atoms with Crippen LogP contribution in [-0.2, 0) is 10.2 Å². The molecule has 31 heavy (non-hydrogen) atoms. The maximum atomic E-state index is 11.7. The molecule has 0 bridgehead atoms. The Bertz CT molecular complexity index is 685. The fraction of sp³-hybridized carbons (Fsp3) is 0.741. The second-order valence-corrected chi connectivity index (χ2v) is 10.3. The molecule has 4 nitrogen and oxygen atoms in total. The number of nitrogens with one attached hydrogen (secondary N) is 1. The number of hydrogen-bond acceptors (Lipinski definition) is 3. The fourth-order valence-electron chi connectivity index (χ4n) is 5.36. The Balaban J connectivity index is 2.23. The SMILES string of the molecule is CCCCCCC(C)(C)c1ccc([C@@H]2C[C@H](NC(C)=O)CCC[C@H]2CCCO)c(O)c1. The van der Waals surface area contributed by atoms with Crippen LogP contribution in [0.25, 0.3) is 0 Å². The molecular formula is C27H45NO3. The van der Waals surface area contributed by atoms with Crippen LogP contribution in [0.1, 0.15) is 115 Å². The van der Waals surface area contributed by atoms with E-state index in [9.17, 15) is 15.0 Å². The number of rotatable bonds is 11. The van der Waals surface area contributed by atoms with E-state index in [1.54, 1.807) is 6.92 Å². The quantitative estimate of drug-likeness (QED) is 0.289. The molecule has 0 aromatic heterocycles. The molecule has 0 aliphatic heterocycles. The van der Waals surface area contributed by atoms with Gasteiger partial charge in [0.05, 0.1) is 0 Å². The van der Waals surface area contributed by atoms with Gasteiger partial charge in [-0.15, -0.1) is 0 Å². The average molecular weight is 432 g/mol. The first-order valence-electron chi connectivity index (χ1n) is 12.5. The maximum Gasteiger partial charge on any atom is 0.217 e. The average Bonchev–Trinajstić information content (AvgIpc) is 2.91. The van der Waals surface area contributed by atoms with E-state index in [2.05, 4.69) is 38.2 Å². The highest BCUT2D eigenvalue weighted by molar-refractivity contribution is 5.73. The molecule has 1 aromatic carbocycles. The van der Waals surface area contributed by atoms with Crippen molar-refractivity contribution < 1.29 is 15.0 Å². The van der Waals surface area contributed by atoms with Crippen molar-refractivity contribution in [3.05, 3.63) is 29.3 Å². The smallest absolute Gasteiger partial charge is 0.217 e. The van der Waals surface area contributed by atoms with Crippen LogP contribution in [0.3, 0.4) is 0 Å². The highest BCUT2D eigenvalue weighted by atomic mass is 16.3. The second kappa shape index (κ2) is 12.5. The Labute approximate surface area is 189 Å². The number of phenolic OH excluding ortho intramolecular Hbond substituents is 1. The van der Waals surface area contributed by atoms with Crippen molar-refractivity contribution in [1.29, 1.82) is 0 Å². The van der Waals surface area contributed by atoms with Crippen LogP contribution in [-0.4, -0.2) is 28.8 Å². The minimum absolute atomic E-state index is 0.0157. The molecule has 176 valence electrons. The van der Waals surface area contributed by atoms with Crippen LogP contribution in [0, 0.1) is 5.92 Å². The van der Waals surface area contributed by atoms with Crippen LogP contribution < -0.4 is 5.32 Å². The second-order valence-electron chi connectivity index (χ2n) is 10.3. The highest BCUT2D eigenvalue weighted by Gasteiger charge is 2.32. The molecule has 0 spiro atoms. The third kappa shape index (κ3) is 7.82. The van der Waals surface area contributed by atoms with Crippen molar-refractivity contribution in [3.8, 4) is 5.75 Å². The van der Waals surface area contributed by atoms with Crippen molar-refractivity contribution in [1.82, 2.24) is 5.32 Å². The summed E-state index contributed by atoms with van der Waals surface area (Å²) in [5.74, 6) is 1.03. The third-order valence-corrected chi connectivity index (χ3v) is 7.24. The minimum Gasteiger partial charge on any atom is -0.508 e. The molecule has 0 heterocycles. The Kier molecular flexibility index (Phi) is 10.3. The van der Waals surface area contributed by atoms with Crippen LogP contribution >= 0.6 is 0 Å². The summed E-state index contributed by atoms with van der Waals surface area (Å²) in [6.07, 6.45) is 11.9. The molecule has 3 atom stereocenters. The maximum absolute atomic E-state index is 11.7. The van der Waals surface area contributed by atoms with Gasteiger partial charge >= 0.3 is 0 Å². The van der Waals surface area contributed by atoms with Gasteiger partial charge in [0, 0.05) is 19.6 Å². The minimum atomic E-state index is 0.0157. The number of amides is 1. The normalized spacial score (nSPS) is 22.2. The van der Waals surface area contributed by atoms with E-state index in [0.717, 1.165) is 50.5 Å². The molecule has 1 fully saturated rings. The van der Waals surface area contributed by atoms with E-state index in [1.807, 2.05) is 6.07 Å². The Morgan fingerprint density at radius 3 is 2.58 bits per heavy atom. The van der Waals surface area contributed by atoms with Crippen LogP contribution in [0.5, 0.6) is 5.75 Å². The Hall–Kier alpha value is -1.55. The highest BCUT2D eigenvalue weighted by Crippen LogP contribution is 2.43. The Morgan fingerprint density at radius 2 is 1.94 bits per heavy atom. The molecule has 1 saturated carbocycles. The molecule has 2 rings (SSSR count). The number of benzene rings is 1. The molecule has 1 aliphatic carbocycles. The number of carbonyl (C=O) groups is 1. The first kappa shape index (κ1) is 25.7. The third-order valence-electron chi connectivity index (χ3n) is 7.24. The molecule has 1 aliphatic rings. The number of unbranched alkanes of at least 4 members (excludes halogenated alkanes) is 3.